The Bertz CT molecular complexity index is 2420. The lowest BCUT2D eigenvalue weighted by Gasteiger charge is -2.58. The minimum Gasteiger partial charge on any atom is -0.315 e. The Morgan fingerprint density at radius 3 is 0.719 bits per heavy atom. The molecule has 10 rings (SSSR count). The molecular weight excluding hydrogens is 709 g/mol. The van der Waals surface area contributed by atoms with Crippen LogP contribution in [0.2, 0.25) is 0 Å². The minimum atomic E-state index is -3.91. The van der Waals surface area contributed by atoms with Crippen molar-refractivity contribution in [3.05, 3.63) is 216 Å². The lowest BCUT2D eigenvalue weighted by molar-refractivity contribution is 1.10. The van der Waals surface area contributed by atoms with E-state index in [1.54, 1.807) is 0 Å². The highest BCUT2D eigenvalue weighted by Crippen LogP contribution is 2.59. The predicted octanol–water partition coefficient (Wildman–Crippen LogP) is 14.0. The molecule has 0 amide bonds. The first-order valence-corrected chi connectivity index (χ1v) is 21.6. The molecule has 8 aromatic carbocycles. The van der Waals surface area contributed by atoms with Gasteiger partial charge in [0.15, 0.2) is 0 Å². The lowest BCUT2D eigenvalue weighted by atomic mass is 10.0. The van der Waals surface area contributed by atoms with Crippen LogP contribution in [0.1, 0.15) is 22.3 Å². The molecule has 4 nitrogen and oxygen atoms in total. The molecule has 0 saturated heterocycles. The maximum Gasteiger partial charge on any atom is 0.521 e. The number of nitrogens with zero attached hydrogens (tertiary/aromatic N) is 4. The van der Waals surface area contributed by atoms with Gasteiger partial charge in [0.2, 0.25) is 0 Å². The Morgan fingerprint density at radius 1 is 0.263 bits per heavy atom. The minimum absolute atomic E-state index is 1.13. The summed E-state index contributed by atoms with van der Waals surface area (Å²) in [5.41, 5.74) is 18.7. The highest BCUT2D eigenvalue weighted by molar-refractivity contribution is 6.97. The SMILES string of the molecule is Cc1cccc(N2c3ccccc3-c3ccccc3N(c3cccc(C)c3)[Si]23N(c2cccc(C)c2)c2ccccc2-c2ccccc2N3c2cccc(C)c2)c1. The highest BCUT2D eigenvalue weighted by Gasteiger charge is 2.65. The van der Waals surface area contributed by atoms with Gasteiger partial charge in [0, 0.05) is 67.8 Å². The van der Waals surface area contributed by atoms with E-state index in [-0.39, 0.29) is 0 Å². The molecule has 276 valence electrons. The van der Waals surface area contributed by atoms with Crippen LogP contribution in [0.15, 0.2) is 194 Å². The Balaban J connectivity index is 1.54. The first kappa shape index (κ1) is 34.7. The van der Waals surface area contributed by atoms with Crippen molar-refractivity contribution in [3.63, 3.8) is 0 Å². The lowest BCUT2D eigenvalue weighted by Crippen LogP contribution is -2.81. The van der Waals surface area contributed by atoms with Crippen LogP contribution in [-0.2, 0) is 0 Å². The van der Waals surface area contributed by atoms with Crippen LogP contribution in [0.4, 0.5) is 45.5 Å². The molecule has 2 aliphatic rings. The number of rotatable bonds is 4. The normalized spacial score (nSPS) is 14.0. The zero-order valence-electron chi connectivity index (χ0n) is 32.8. The van der Waals surface area contributed by atoms with Gasteiger partial charge in [-0.05, 0) is 123 Å². The molecule has 2 heterocycles. The molecule has 2 aliphatic heterocycles. The smallest absolute Gasteiger partial charge is 0.315 e. The van der Waals surface area contributed by atoms with Gasteiger partial charge < -0.3 is 18.3 Å². The van der Waals surface area contributed by atoms with Crippen molar-refractivity contribution in [1.29, 1.82) is 0 Å². The molecule has 0 radical (unpaired) electrons. The number of para-hydroxylation sites is 4. The Labute approximate surface area is 337 Å². The molecule has 57 heavy (non-hydrogen) atoms. The van der Waals surface area contributed by atoms with Gasteiger partial charge in [0.1, 0.15) is 0 Å². The Kier molecular flexibility index (Phi) is 8.35. The standard InChI is InChI=1S/C52H44N4Si/c1-37-17-13-21-41(33-37)53-49-29-9-5-25-45(49)46-26-6-10-30-50(46)54(42-22-14-18-38(2)34-42)57(53)55(43-23-15-19-39(3)35-43)51-31-11-7-27-47(51)48-28-8-12-32-52(48)56(57)44-24-16-20-40(4)36-44/h5-36H,1-4H3. The number of benzene rings is 8. The van der Waals surface area contributed by atoms with Crippen molar-refractivity contribution in [2.75, 3.05) is 18.3 Å². The molecule has 0 bridgehead atoms. The highest BCUT2D eigenvalue weighted by atomic mass is 28.4. The summed E-state index contributed by atoms with van der Waals surface area (Å²) in [5, 5.41) is 0. The van der Waals surface area contributed by atoms with Gasteiger partial charge in [0.05, 0.1) is 0 Å². The van der Waals surface area contributed by atoms with E-state index < -0.39 is 8.72 Å². The third-order valence-corrected chi connectivity index (χ3v) is 15.8. The molecule has 5 heteroatoms. The van der Waals surface area contributed by atoms with Crippen molar-refractivity contribution in [3.8, 4) is 22.3 Å². The zero-order chi connectivity index (χ0) is 38.7. The fraction of sp³-hybridized carbons (Fsp3) is 0.0769. The summed E-state index contributed by atoms with van der Waals surface area (Å²) in [7, 11) is -3.91. The molecule has 0 atom stereocenters. The van der Waals surface area contributed by atoms with E-state index in [2.05, 4.69) is 240 Å². The number of fused-ring (bicyclic) bond motifs is 6. The molecule has 8 aromatic rings. The summed E-state index contributed by atoms with van der Waals surface area (Å²) in [5.74, 6) is 0. The zero-order valence-corrected chi connectivity index (χ0v) is 33.8. The van der Waals surface area contributed by atoms with Crippen LogP contribution in [0.5, 0.6) is 0 Å². The van der Waals surface area contributed by atoms with E-state index in [1.807, 2.05) is 0 Å². The summed E-state index contributed by atoms with van der Waals surface area (Å²) in [6, 6.07) is 72.7. The second kappa shape index (κ2) is 13.7. The summed E-state index contributed by atoms with van der Waals surface area (Å²) >= 11 is 0. The number of hydrogen-bond acceptors (Lipinski definition) is 4. The van der Waals surface area contributed by atoms with E-state index in [9.17, 15) is 0 Å². The van der Waals surface area contributed by atoms with Gasteiger partial charge in [-0.2, -0.15) is 0 Å². The van der Waals surface area contributed by atoms with Gasteiger partial charge in [-0.15, -0.1) is 0 Å². The Hall–Kier alpha value is -6.82. The van der Waals surface area contributed by atoms with Crippen molar-refractivity contribution in [1.82, 2.24) is 0 Å². The molecular formula is C52H44N4Si. The molecule has 1 spiro atoms. The van der Waals surface area contributed by atoms with Crippen LogP contribution < -0.4 is 18.3 Å². The van der Waals surface area contributed by atoms with Crippen LogP contribution >= 0.6 is 0 Å². The van der Waals surface area contributed by atoms with Crippen LogP contribution in [0.3, 0.4) is 0 Å². The summed E-state index contributed by atoms with van der Waals surface area (Å²) in [4.78, 5) is 0. The Morgan fingerprint density at radius 2 is 0.491 bits per heavy atom. The first-order chi connectivity index (χ1) is 27.9. The first-order valence-electron chi connectivity index (χ1n) is 19.8. The molecule has 0 saturated carbocycles. The number of hydrogen-bond donors (Lipinski definition) is 0. The third kappa shape index (κ3) is 5.49. The van der Waals surface area contributed by atoms with Crippen molar-refractivity contribution >= 4 is 54.2 Å². The topological polar surface area (TPSA) is 13.0 Å². The molecule has 0 aromatic heterocycles. The van der Waals surface area contributed by atoms with E-state index in [0.717, 1.165) is 45.5 Å². The second-order valence-corrected chi connectivity index (χ2v) is 18.4. The van der Waals surface area contributed by atoms with E-state index in [1.165, 1.54) is 44.5 Å². The largest absolute Gasteiger partial charge is 0.521 e. The van der Waals surface area contributed by atoms with Gasteiger partial charge in [-0.1, -0.05) is 121 Å². The summed E-state index contributed by atoms with van der Waals surface area (Å²) < 4.78 is 11.0. The number of aryl methyl sites for hydroxylation is 4. The average molecular weight is 753 g/mol. The second-order valence-electron chi connectivity index (χ2n) is 15.4. The number of anilines is 8. The van der Waals surface area contributed by atoms with E-state index >= 15 is 0 Å². The predicted molar refractivity (Wildman–Crippen MR) is 243 cm³/mol. The fourth-order valence-corrected chi connectivity index (χ4v) is 14.4. The van der Waals surface area contributed by atoms with Crippen LogP contribution in [-0.4, -0.2) is 8.72 Å². The average Bonchev–Trinajstić information content (AvgIpc) is 3.40. The summed E-state index contributed by atoms with van der Waals surface area (Å²) in [6.45, 7) is 8.84. The maximum absolute atomic E-state index is 3.91. The quantitative estimate of drug-likeness (QED) is 0.166. The molecule has 0 unspecified atom stereocenters. The monoisotopic (exact) mass is 752 g/mol. The van der Waals surface area contributed by atoms with Gasteiger partial charge in [0.25, 0.3) is 0 Å². The maximum atomic E-state index is 2.75. The molecule has 0 aliphatic carbocycles. The van der Waals surface area contributed by atoms with Gasteiger partial charge in [-0.25, -0.2) is 0 Å². The molecule has 0 fully saturated rings. The summed E-state index contributed by atoms with van der Waals surface area (Å²) in [6.07, 6.45) is 0. The van der Waals surface area contributed by atoms with E-state index in [4.69, 9.17) is 0 Å². The fourth-order valence-electron chi connectivity index (χ4n) is 9.15. The molecule has 0 N–H and O–H groups in total. The van der Waals surface area contributed by atoms with Gasteiger partial charge in [-0.3, -0.25) is 0 Å². The third-order valence-electron chi connectivity index (χ3n) is 11.4. The van der Waals surface area contributed by atoms with Crippen molar-refractivity contribution in [2.24, 2.45) is 0 Å². The van der Waals surface area contributed by atoms with E-state index in [0.29, 0.717) is 0 Å². The van der Waals surface area contributed by atoms with Crippen LogP contribution in [0.25, 0.3) is 22.3 Å². The van der Waals surface area contributed by atoms with Gasteiger partial charge >= 0.3 is 8.72 Å². The van der Waals surface area contributed by atoms with Crippen LogP contribution in [0, 0.1) is 27.7 Å². The van der Waals surface area contributed by atoms with Crippen molar-refractivity contribution < 1.29 is 0 Å². The van der Waals surface area contributed by atoms with Crippen molar-refractivity contribution in [2.45, 2.75) is 27.7 Å².